The van der Waals surface area contributed by atoms with Crippen LogP contribution in [-0.2, 0) is 19.2 Å². The highest BCUT2D eigenvalue weighted by Gasteiger charge is 2.66. The number of fused-ring (bicyclic) bond motifs is 7. The number of ketones is 2. The molecule has 6 aliphatic rings. The fourth-order valence-electron chi connectivity index (χ4n) is 13.2. The summed E-state index contributed by atoms with van der Waals surface area (Å²) in [7, 11) is 1.83. The Balaban J connectivity index is 1.26. The van der Waals surface area contributed by atoms with E-state index in [-0.39, 0.29) is 51.6 Å². The van der Waals surface area contributed by atoms with Gasteiger partial charge in [0.25, 0.3) is 0 Å². The number of allylic oxidation sites excluding steroid dienone is 1. The predicted octanol–water partition coefficient (Wildman–Crippen LogP) is 7.49. The Labute approximate surface area is 284 Å². The van der Waals surface area contributed by atoms with Crippen molar-refractivity contribution in [3.8, 4) is 0 Å². The van der Waals surface area contributed by atoms with Crippen molar-refractivity contribution in [1.29, 1.82) is 0 Å². The zero-order chi connectivity index (χ0) is 34.5. The number of amides is 1. The van der Waals surface area contributed by atoms with Gasteiger partial charge in [-0.25, -0.2) is 0 Å². The van der Waals surface area contributed by atoms with Gasteiger partial charge in [-0.2, -0.15) is 0 Å². The molecule has 47 heavy (non-hydrogen) atoms. The summed E-state index contributed by atoms with van der Waals surface area (Å²) in [5.74, 6) is 3.57. The van der Waals surface area contributed by atoms with E-state index in [0.29, 0.717) is 48.2 Å². The molecule has 6 heteroatoms. The van der Waals surface area contributed by atoms with Crippen molar-refractivity contribution < 1.29 is 19.2 Å². The minimum Gasteiger partial charge on any atom is -0.345 e. The number of rotatable bonds is 8. The zero-order valence-corrected chi connectivity index (χ0v) is 31.2. The molecule has 6 aliphatic carbocycles. The summed E-state index contributed by atoms with van der Waals surface area (Å²) >= 11 is 0. The molecule has 262 valence electrons. The van der Waals surface area contributed by atoms with Crippen LogP contribution < -0.4 is 10.6 Å². The van der Waals surface area contributed by atoms with Gasteiger partial charge in [-0.3, -0.25) is 14.4 Å². The number of hydrogen-bond acceptors (Lipinski definition) is 5. The lowest BCUT2D eigenvalue weighted by molar-refractivity contribution is -0.192. The zero-order valence-electron chi connectivity index (χ0n) is 31.2. The number of Topliss-reactive ketones (excluding diaryl/α,β-unsaturated/α-hetero) is 2. The number of carbonyl (C=O) groups excluding carboxylic acids is 4. The number of nitrogens with one attached hydrogen (secondary N) is 2. The van der Waals surface area contributed by atoms with Gasteiger partial charge in [0.05, 0.1) is 11.1 Å². The lowest BCUT2D eigenvalue weighted by atomic mass is 9.36. The Hall–Kier alpha value is -1.82. The molecular weight excluding hydrogens is 584 g/mol. The van der Waals surface area contributed by atoms with Crippen LogP contribution in [0.15, 0.2) is 11.1 Å². The largest absolute Gasteiger partial charge is 0.345 e. The van der Waals surface area contributed by atoms with Crippen molar-refractivity contribution in [3.05, 3.63) is 11.1 Å². The topological polar surface area (TPSA) is 92.3 Å². The lowest BCUT2D eigenvalue weighted by Crippen LogP contribution is -2.65. The fraction of sp³-hybridized carbons (Fsp3) is 0.854. The molecule has 0 saturated heterocycles. The normalized spacial score (nSPS) is 44.1. The highest BCUT2D eigenvalue weighted by atomic mass is 16.2. The Morgan fingerprint density at radius 1 is 0.957 bits per heavy atom. The molecule has 0 bridgehead atoms. The fourth-order valence-corrected chi connectivity index (χ4v) is 13.2. The number of likely N-dealkylation sites (N-methyl/N-ethyl adjacent to an activating group) is 1. The van der Waals surface area contributed by atoms with E-state index in [4.69, 9.17) is 0 Å². The van der Waals surface area contributed by atoms with Gasteiger partial charge < -0.3 is 15.4 Å². The van der Waals surface area contributed by atoms with Crippen LogP contribution in [-0.4, -0.2) is 41.9 Å². The number of aldehydes is 1. The van der Waals surface area contributed by atoms with Crippen LogP contribution in [0.1, 0.15) is 133 Å². The summed E-state index contributed by atoms with van der Waals surface area (Å²) in [5, 5.41) is 6.68. The molecule has 2 N–H and O–H groups in total. The van der Waals surface area contributed by atoms with Gasteiger partial charge in [-0.15, -0.1) is 0 Å². The molecule has 6 nitrogen and oxygen atoms in total. The Morgan fingerprint density at radius 3 is 2.26 bits per heavy atom. The van der Waals surface area contributed by atoms with E-state index in [0.717, 1.165) is 44.0 Å². The summed E-state index contributed by atoms with van der Waals surface area (Å²) in [6, 6.07) is 0. The molecule has 0 aromatic heterocycles. The highest BCUT2D eigenvalue weighted by molar-refractivity contribution is 6.02. The third kappa shape index (κ3) is 5.10. The first-order valence-electron chi connectivity index (χ1n) is 19.1. The number of hydrogen-bond donors (Lipinski definition) is 2. The maximum absolute atomic E-state index is 13.8. The van der Waals surface area contributed by atoms with E-state index in [1.54, 1.807) is 0 Å². The molecule has 5 fully saturated rings. The van der Waals surface area contributed by atoms with Gasteiger partial charge in [0.15, 0.2) is 5.78 Å². The molecule has 0 aromatic rings. The van der Waals surface area contributed by atoms with Gasteiger partial charge >= 0.3 is 0 Å². The van der Waals surface area contributed by atoms with Crippen molar-refractivity contribution in [2.45, 2.75) is 144 Å². The van der Waals surface area contributed by atoms with E-state index in [1.807, 2.05) is 20.9 Å². The van der Waals surface area contributed by atoms with E-state index in [9.17, 15) is 19.2 Å². The molecule has 0 radical (unpaired) electrons. The van der Waals surface area contributed by atoms with E-state index < -0.39 is 11.1 Å². The first kappa shape index (κ1) is 35.0. The van der Waals surface area contributed by atoms with Crippen molar-refractivity contribution in [1.82, 2.24) is 10.6 Å². The van der Waals surface area contributed by atoms with Crippen LogP contribution in [0, 0.1) is 69.5 Å². The summed E-state index contributed by atoms with van der Waals surface area (Å²) in [5.41, 5.74) is 1.56. The molecule has 1 amide bonds. The third-order valence-electron chi connectivity index (χ3n) is 16.3. The Kier molecular flexibility index (Phi) is 8.66. The first-order valence-corrected chi connectivity index (χ1v) is 19.1. The molecule has 5 saturated carbocycles. The molecule has 0 aliphatic heterocycles. The second kappa shape index (κ2) is 11.6. The first-order chi connectivity index (χ1) is 21.9. The maximum Gasteiger partial charge on any atom is 0.240 e. The van der Waals surface area contributed by atoms with Crippen LogP contribution in [0.25, 0.3) is 0 Å². The Bertz CT molecular complexity index is 1360. The average molecular weight is 649 g/mol. The van der Waals surface area contributed by atoms with Crippen molar-refractivity contribution in [2.75, 3.05) is 7.05 Å². The standard InChI is InChI=1S/C41H64N2O4/c1-23(2)34-31(46)21-41(43-36(47)38(6,7)42-10)18-14-29-27(35(34)41)11-12-33-39(29,8)17-15-32-37(4,5)26(13-16-40(32,33)9)20-30(45)28-19-25(22-44)24(28)3/h22-29,32-33,42H,11-21H2,1-10H3,(H,43,47). The molecular formula is C41H64N2O4. The van der Waals surface area contributed by atoms with Crippen molar-refractivity contribution in [2.24, 2.45) is 69.5 Å². The molecule has 11 atom stereocenters. The smallest absolute Gasteiger partial charge is 0.240 e. The summed E-state index contributed by atoms with van der Waals surface area (Å²) in [4.78, 5) is 52.3. The van der Waals surface area contributed by atoms with Crippen LogP contribution in [0.3, 0.4) is 0 Å². The second-order valence-electron chi connectivity index (χ2n) is 19.2. The highest BCUT2D eigenvalue weighted by Crippen LogP contribution is 2.73. The van der Waals surface area contributed by atoms with Crippen molar-refractivity contribution >= 4 is 23.8 Å². The van der Waals surface area contributed by atoms with Crippen molar-refractivity contribution in [3.63, 3.8) is 0 Å². The lowest BCUT2D eigenvalue weighted by Gasteiger charge is -2.69. The molecule has 6 rings (SSSR count). The molecule has 0 spiro atoms. The molecule has 0 heterocycles. The van der Waals surface area contributed by atoms with E-state index >= 15 is 0 Å². The predicted molar refractivity (Wildman–Crippen MR) is 186 cm³/mol. The van der Waals surface area contributed by atoms with Gasteiger partial charge in [-0.05, 0) is 147 Å². The Morgan fingerprint density at radius 2 is 1.64 bits per heavy atom. The summed E-state index contributed by atoms with van der Waals surface area (Å²) < 4.78 is 0. The van der Waals surface area contributed by atoms with E-state index in [2.05, 4.69) is 59.1 Å². The van der Waals surface area contributed by atoms with Gasteiger partial charge in [0, 0.05) is 24.7 Å². The van der Waals surface area contributed by atoms with Gasteiger partial charge in [0.1, 0.15) is 12.1 Å². The molecule has 0 aromatic carbocycles. The van der Waals surface area contributed by atoms with Crippen LogP contribution >= 0.6 is 0 Å². The average Bonchev–Trinajstić information content (AvgIpc) is 3.29. The van der Waals surface area contributed by atoms with Crippen LogP contribution in [0.5, 0.6) is 0 Å². The quantitative estimate of drug-likeness (QED) is 0.266. The van der Waals surface area contributed by atoms with Crippen LogP contribution in [0.4, 0.5) is 0 Å². The third-order valence-corrected chi connectivity index (χ3v) is 16.3. The minimum absolute atomic E-state index is 0.0190. The number of carbonyl (C=O) groups is 4. The minimum atomic E-state index is -0.707. The monoisotopic (exact) mass is 648 g/mol. The SMILES string of the molecule is CNC(C)(C)C(=O)NC12CCC3C(CCC4C3(C)CCC3C(C)(C)C(CC(=O)C5CC(C=O)C5C)CCC34C)C1=C(C(C)C)C(=O)C2. The summed E-state index contributed by atoms with van der Waals surface area (Å²) in [6.07, 6.45) is 11.8. The van der Waals surface area contributed by atoms with Crippen LogP contribution in [0.2, 0.25) is 0 Å². The second-order valence-corrected chi connectivity index (χ2v) is 19.2. The van der Waals surface area contributed by atoms with E-state index in [1.165, 1.54) is 31.3 Å². The van der Waals surface area contributed by atoms with Gasteiger partial charge in [-0.1, -0.05) is 48.5 Å². The van der Waals surface area contributed by atoms with Gasteiger partial charge in [0.2, 0.25) is 5.91 Å². The maximum atomic E-state index is 13.8. The summed E-state index contributed by atoms with van der Waals surface area (Å²) in [6.45, 7) is 20.4. The molecule has 11 unspecified atom stereocenters.